The molecule has 0 fully saturated rings. The fourth-order valence-corrected chi connectivity index (χ4v) is 2.44. The molecule has 0 spiro atoms. The van der Waals surface area contributed by atoms with Crippen LogP contribution >= 0.6 is 11.6 Å². The van der Waals surface area contributed by atoms with Crippen LogP contribution in [0.1, 0.15) is 45.9 Å². The van der Waals surface area contributed by atoms with Crippen LogP contribution in [0.25, 0.3) is 0 Å². The van der Waals surface area contributed by atoms with Gasteiger partial charge in [0.25, 0.3) is 0 Å². The quantitative estimate of drug-likeness (QED) is 0.675. The van der Waals surface area contributed by atoms with Gasteiger partial charge in [-0.15, -0.1) is 0 Å². The first kappa shape index (κ1) is 17.4. The minimum atomic E-state index is -0.366. The maximum atomic E-state index is 6.32. The number of rotatable bonds is 10. The van der Waals surface area contributed by atoms with Gasteiger partial charge in [0.05, 0.1) is 16.9 Å². The first-order chi connectivity index (χ1) is 9.69. The minimum Gasteiger partial charge on any atom is -0.351 e. The smallest absolute Gasteiger partial charge is 0.178 e. The predicted molar refractivity (Wildman–Crippen MR) is 81.0 cm³/mol. The molecule has 0 aliphatic carbocycles. The van der Waals surface area contributed by atoms with Crippen LogP contribution in [0.4, 0.5) is 0 Å². The molecular formula is C14H26ClN3O2. The molecule has 1 aromatic rings. The van der Waals surface area contributed by atoms with Gasteiger partial charge in [-0.1, -0.05) is 25.4 Å². The zero-order valence-corrected chi connectivity index (χ0v) is 13.6. The Hall–Kier alpha value is -0.620. The molecule has 0 aliphatic heterocycles. The van der Waals surface area contributed by atoms with Crippen molar-refractivity contribution in [3.05, 3.63) is 16.9 Å². The number of nitrogens with one attached hydrogen (secondary N) is 1. The van der Waals surface area contributed by atoms with Crippen LogP contribution in [0.5, 0.6) is 0 Å². The van der Waals surface area contributed by atoms with E-state index in [0.29, 0.717) is 18.2 Å². The number of aryl methyl sites for hydroxylation is 1. The average Bonchev–Trinajstić information content (AvgIpc) is 2.78. The van der Waals surface area contributed by atoms with Crippen molar-refractivity contribution in [1.29, 1.82) is 0 Å². The van der Waals surface area contributed by atoms with Crippen molar-refractivity contribution in [2.45, 2.75) is 53.0 Å². The van der Waals surface area contributed by atoms with Gasteiger partial charge in [-0.2, -0.15) is 5.10 Å². The second-order valence-electron chi connectivity index (χ2n) is 4.42. The van der Waals surface area contributed by atoms with E-state index >= 15 is 0 Å². The van der Waals surface area contributed by atoms with Gasteiger partial charge in [0.15, 0.2) is 6.29 Å². The SMILES string of the molecule is CCCn1ncc(Cl)c1C(NCC)C(OCC)OCC. The Morgan fingerprint density at radius 3 is 2.40 bits per heavy atom. The molecule has 1 N–H and O–H groups in total. The molecule has 0 bridgehead atoms. The highest BCUT2D eigenvalue weighted by atomic mass is 35.5. The summed E-state index contributed by atoms with van der Waals surface area (Å²) in [5.41, 5.74) is 0.933. The van der Waals surface area contributed by atoms with E-state index in [1.807, 2.05) is 18.5 Å². The summed E-state index contributed by atoms with van der Waals surface area (Å²) in [7, 11) is 0. The molecule has 1 unspecified atom stereocenters. The zero-order valence-electron chi connectivity index (χ0n) is 12.9. The third-order valence-corrected chi connectivity index (χ3v) is 3.21. The molecule has 5 nitrogen and oxygen atoms in total. The Bertz CT molecular complexity index is 378. The molecule has 0 aromatic carbocycles. The summed E-state index contributed by atoms with van der Waals surface area (Å²) in [5.74, 6) is 0. The summed E-state index contributed by atoms with van der Waals surface area (Å²) in [6.07, 6.45) is 2.32. The highest BCUT2D eigenvalue weighted by molar-refractivity contribution is 6.31. The first-order valence-electron chi connectivity index (χ1n) is 7.37. The number of aromatic nitrogens is 2. The standard InChI is InChI=1S/C14H26ClN3O2/c1-5-9-18-13(11(15)10-17-18)12(16-6-2)14(19-7-3)20-8-4/h10,12,14,16H,5-9H2,1-4H3. The maximum absolute atomic E-state index is 6.32. The van der Waals surface area contributed by atoms with Crippen LogP contribution < -0.4 is 5.32 Å². The monoisotopic (exact) mass is 303 g/mol. The second kappa shape index (κ2) is 9.34. The summed E-state index contributed by atoms with van der Waals surface area (Å²) < 4.78 is 13.4. The van der Waals surface area contributed by atoms with Crippen LogP contribution in [-0.4, -0.2) is 35.8 Å². The van der Waals surface area contributed by atoms with E-state index in [0.717, 1.165) is 25.2 Å². The van der Waals surface area contributed by atoms with E-state index in [-0.39, 0.29) is 12.3 Å². The molecule has 20 heavy (non-hydrogen) atoms. The normalized spacial score (nSPS) is 13.1. The van der Waals surface area contributed by atoms with E-state index in [1.165, 1.54) is 0 Å². The Labute approximate surface area is 126 Å². The number of hydrogen-bond acceptors (Lipinski definition) is 4. The third kappa shape index (κ3) is 4.45. The lowest BCUT2D eigenvalue weighted by atomic mass is 10.2. The molecule has 0 radical (unpaired) electrons. The molecule has 1 heterocycles. The Kier molecular flexibility index (Phi) is 8.14. The molecule has 0 saturated heterocycles. The Morgan fingerprint density at radius 2 is 1.90 bits per heavy atom. The number of ether oxygens (including phenoxy) is 2. The van der Waals surface area contributed by atoms with Gasteiger partial charge in [-0.05, 0) is 26.8 Å². The number of likely N-dealkylation sites (N-methyl/N-ethyl adjacent to an activating group) is 1. The lowest BCUT2D eigenvalue weighted by Crippen LogP contribution is -2.37. The summed E-state index contributed by atoms with van der Waals surface area (Å²) in [4.78, 5) is 0. The lowest BCUT2D eigenvalue weighted by molar-refractivity contribution is -0.156. The van der Waals surface area contributed by atoms with Crippen molar-refractivity contribution >= 4 is 11.6 Å². The van der Waals surface area contributed by atoms with Gasteiger partial charge >= 0.3 is 0 Å². The third-order valence-electron chi connectivity index (χ3n) is 2.92. The molecule has 0 aliphatic rings. The molecule has 0 saturated carbocycles. The van der Waals surface area contributed by atoms with Gasteiger partial charge < -0.3 is 14.8 Å². The molecule has 1 aromatic heterocycles. The number of hydrogen-bond donors (Lipinski definition) is 1. The summed E-state index contributed by atoms with van der Waals surface area (Å²) in [6.45, 7) is 10.9. The highest BCUT2D eigenvalue weighted by Gasteiger charge is 2.29. The van der Waals surface area contributed by atoms with Crippen molar-refractivity contribution in [2.24, 2.45) is 0 Å². The van der Waals surface area contributed by atoms with Gasteiger partial charge in [-0.25, -0.2) is 0 Å². The predicted octanol–water partition coefficient (Wildman–Crippen LogP) is 3.00. The first-order valence-corrected chi connectivity index (χ1v) is 7.75. The molecule has 1 rings (SSSR count). The fourth-order valence-electron chi connectivity index (χ4n) is 2.18. The van der Waals surface area contributed by atoms with Crippen molar-refractivity contribution < 1.29 is 9.47 Å². The van der Waals surface area contributed by atoms with Crippen LogP contribution in [0, 0.1) is 0 Å². The van der Waals surface area contributed by atoms with E-state index in [4.69, 9.17) is 21.1 Å². The average molecular weight is 304 g/mol. The maximum Gasteiger partial charge on any atom is 0.178 e. The van der Waals surface area contributed by atoms with Crippen molar-refractivity contribution in [3.8, 4) is 0 Å². The Morgan fingerprint density at radius 1 is 1.25 bits per heavy atom. The van der Waals surface area contributed by atoms with Gasteiger partial charge in [0, 0.05) is 19.8 Å². The summed E-state index contributed by atoms with van der Waals surface area (Å²) >= 11 is 6.32. The van der Waals surface area contributed by atoms with Crippen LogP contribution in [0.3, 0.4) is 0 Å². The Balaban J connectivity index is 3.06. The van der Waals surface area contributed by atoms with Gasteiger partial charge in [0.2, 0.25) is 0 Å². The van der Waals surface area contributed by atoms with Crippen molar-refractivity contribution in [1.82, 2.24) is 15.1 Å². The van der Waals surface area contributed by atoms with E-state index < -0.39 is 0 Å². The molecular weight excluding hydrogens is 278 g/mol. The highest BCUT2D eigenvalue weighted by Crippen LogP contribution is 2.27. The number of nitrogens with zero attached hydrogens (tertiary/aromatic N) is 2. The van der Waals surface area contributed by atoms with Gasteiger partial charge in [-0.3, -0.25) is 4.68 Å². The topological polar surface area (TPSA) is 48.3 Å². The number of halogens is 1. The minimum absolute atomic E-state index is 0.124. The fraction of sp³-hybridized carbons (Fsp3) is 0.786. The van der Waals surface area contributed by atoms with Gasteiger partial charge in [0.1, 0.15) is 6.04 Å². The molecule has 1 atom stereocenters. The second-order valence-corrected chi connectivity index (χ2v) is 4.82. The van der Waals surface area contributed by atoms with Crippen LogP contribution in [0.2, 0.25) is 5.02 Å². The van der Waals surface area contributed by atoms with E-state index in [2.05, 4.69) is 24.3 Å². The lowest BCUT2D eigenvalue weighted by Gasteiger charge is -2.28. The molecule has 6 heteroatoms. The van der Waals surface area contributed by atoms with E-state index in [9.17, 15) is 0 Å². The van der Waals surface area contributed by atoms with Crippen molar-refractivity contribution in [3.63, 3.8) is 0 Å². The van der Waals surface area contributed by atoms with Crippen molar-refractivity contribution in [2.75, 3.05) is 19.8 Å². The largest absolute Gasteiger partial charge is 0.351 e. The molecule has 0 amide bonds. The van der Waals surface area contributed by atoms with E-state index in [1.54, 1.807) is 6.20 Å². The molecule has 116 valence electrons. The van der Waals surface area contributed by atoms with Crippen LogP contribution in [0.15, 0.2) is 6.20 Å². The summed E-state index contributed by atoms with van der Waals surface area (Å²) in [6, 6.07) is -0.124. The van der Waals surface area contributed by atoms with Crippen LogP contribution in [-0.2, 0) is 16.0 Å². The zero-order chi connectivity index (χ0) is 15.0. The summed E-state index contributed by atoms with van der Waals surface area (Å²) in [5, 5.41) is 8.39.